The van der Waals surface area contributed by atoms with Gasteiger partial charge in [0.2, 0.25) is 0 Å². The van der Waals surface area contributed by atoms with Crippen LogP contribution < -0.4 is 10.1 Å². The van der Waals surface area contributed by atoms with Gasteiger partial charge in [-0.15, -0.1) is 0 Å². The number of benzene rings is 2. The van der Waals surface area contributed by atoms with Crippen LogP contribution in [0, 0.1) is 0 Å². The molecule has 0 unspecified atom stereocenters. The molecule has 0 radical (unpaired) electrons. The third kappa shape index (κ3) is 4.85. The highest BCUT2D eigenvalue weighted by Crippen LogP contribution is 2.18. The average Bonchev–Trinajstić information content (AvgIpc) is 2.60. The van der Waals surface area contributed by atoms with Crippen molar-refractivity contribution >= 4 is 11.9 Å². The van der Waals surface area contributed by atoms with Gasteiger partial charge in [-0.25, -0.2) is 4.79 Å². The van der Waals surface area contributed by atoms with Gasteiger partial charge in [0.25, 0.3) is 5.91 Å². The molecule has 1 N–H and O–H groups in total. The predicted octanol–water partition coefficient (Wildman–Crippen LogP) is 2.73. The number of hydrogen-bond acceptors (Lipinski definition) is 4. The van der Waals surface area contributed by atoms with E-state index in [1.807, 2.05) is 31.2 Å². The first kappa shape index (κ1) is 16.5. The Bertz CT molecular complexity index is 670. The molecule has 2 rings (SSSR count). The number of nitrogens with one attached hydrogen (secondary N) is 1. The molecule has 5 heteroatoms. The number of carbonyl (C=O) groups is 2. The normalized spacial score (nSPS) is 11.4. The van der Waals surface area contributed by atoms with Crippen molar-refractivity contribution in [2.24, 2.45) is 0 Å². The fourth-order valence-electron chi connectivity index (χ4n) is 2.07. The van der Waals surface area contributed by atoms with E-state index >= 15 is 0 Å². The topological polar surface area (TPSA) is 64.6 Å². The minimum Gasteiger partial charge on any atom is -0.497 e. The zero-order chi connectivity index (χ0) is 16.7. The summed E-state index contributed by atoms with van der Waals surface area (Å²) in [4.78, 5) is 23.7. The lowest BCUT2D eigenvalue weighted by Gasteiger charge is -2.15. The standard InChI is InChI=1S/C18H19NO4/c1-13(15-9-6-10-16(11-15)22-2)19-17(20)12-23-18(21)14-7-4-3-5-8-14/h3-11,13H,12H2,1-2H3,(H,19,20)/t13-/m1/s1. The smallest absolute Gasteiger partial charge is 0.338 e. The number of carbonyl (C=O) groups excluding carboxylic acids is 2. The maximum atomic E-state index is 11.9. The summed E-state index contributed by atoms with van der Waals surface area (Å²) in [5, 5.41) is 2.78. The monoisotopic (exact) mass is 313 g/mol. The first-order valence-corrected chi connectivity index (χ1v) is 7.25. The first-order chi connectivity index (χ1) is 11.1. The lowest BCUT2D eigenvalue weighted by molar-refractivity contribution is -0.124. The second kappa shape index (κ2) is 7.98. The van der Waals surface area contributed by atoms with Gasteiger partial charge in [-0.2, -0.15) is 0 Å². The van der Waals surface area contributed by atoms with E-state index in [4.69, 9.17) is 9.47 Å². The van der Waals surface area contributed by atoms with E-state index in [-0.39, 0.29) is 18.6 Å². The van der Waals surface area contributed by atoms with Crippen molar-refractivity contribution in [3.8, 4) is 5.75 Å². The van der Waals surface area contributed by atoms with Crippen molar-refractivity contribution in [3.05, 3.63) is 65.7 Å². The van der Waals surface area contributed by atoms with Crippen molar-refractivity contribution in [2.75, 3.05) is 13.7 Å². The van der Waals surface area contributed by atoms with Crippen LogP contribution in [0.5, 0.6) is 5.75 Å². The molecule has 2 aromatic carbocycles. The van der Waals surface area contributed by atoms with E-state index in [0.717, 1.165) is 11.3 Å². The lowest BCUT2D eigenvalue weighted by atomic mass is 10.1. The molecule has 1 amide bonds. The number of methoxy groups -OCH3 is 1. The van der Waals surface area contributed by atoms with Crippen molar-refractivity contribution < 1.29 is 19.1 Å². The molecule has 0 fully saturated rings. The molecule has 0 spiro atoms. The molecule has 2 aromatic rings. The van der Waals surface area contributed by atoms with Crippen LogP contribution >= 0.6 is 0 Å². The molecule has 1 atom stereocenters. The molecule has 0 aromatic heterocycles. The van der Waals surface area contributed by atoms with Crippen LogP contribution in [0.15, 0.2) is 54.6 Å². The molecular weight excluding hydrogens is 294 g/mol. The van der Waals surface area contributed by atoms with Crippen molar-refractivity contribution in [1.82, 2.24) is 5.32 Å². The van der Waals surface area contributed by atoms with Crippen molar-refractivity contribution in [1.29, 1.82) is 0 Å². The summed E-state index contributed by atoms with van der Waals surface area (Å²) in [6.07, 6.45) is 0. The van der Waals surface area contributed by atoms with Crippen LogP contribution in [-0.2, 0) is 9.53 Å². The Hall–Kier alpha value is -2.82. The van der Waals surface area contributed by atoms with Gasteiger partial charge in [-0.05, 0) is 36.8 Å². The quantitative estimate of drug-likeness (QED) is 0.833. The highest BCUT2D eigenvalue weighted by Gasteiger charge is 2.13. The number of esters is 1. The molecule has 0 aliphatic carbocycles. The Labute approximate surface area is 135 Å². The SMILES string of the molecule is COc1cccc([C@@H](C)NC(=O)COC(=O)c2ccccc2)c1. The lowest BCUT2D eigenvalue weighted by Crippen LogP contribution is -2.31. The van der Waals surface area contributed by atoms with Gasteiger partial charge in [0, 0.05) is 0 Å². The summed E-state index contributed by atoms with van der Waals surface area (Å²) in [5.74, 6) is -0.154. The molecule has 0 aliphatic heterocycles. The van der Waals surface area contributed by atoms with Crippen molar-refractivity contribution in [3.63, 3.8) is 0 Å². The molecule has 120 valence electrons. The molecule has 0 saturated carbocycles. The summed E-state index contributed by atoms with van der Waals surface area (Å²) in [6.45, 7) is 1.54. The molecular formula is C18H19NO4. The first-order valence-electron chi connectivity index (χ1n) is 7.25. The maximum absolute atomic E-state index is 11.9. The van der Waals surface area contributed by atoms with Gasteiger partial charge >= 0.3 is 5.97 Å². The fraction of sp³-hybridized carbons (Fsp3) is 0.222. The van der Waals surface area contributed by atoms with Gasteiger partial charge in [0.1, 0.15) is 5.75 Å². The molecule has 0 heterocycles. The summed E-state index contributed by atoms with van der Waals surface area (Å²) in [6, 6.07) is 15.8. The van der Waals surface area contributed by atoms with Gasteiger partial charge in [-0.3, -0.25) is 4.79 Å². The van der Waals surface area contributed by atoms with E-state index < -0.39 is 5.97 Å². The molecule has 23 heavy (non-hydrogen) atoms. The summed E-state index contributed by atoms with van der Waals surface area (Å²) >= 11 is 0. The van der Waals surface area contributed by atoms with E-state index in [0.29, 0.717) is 5.56 Å². The third-order valence-electron chi connectivity index (χ3n) is 3.32. The average molecular weight is 313 g/mol. The summed E-state index contributed by atoms with van der Waals surface area (Å²) in [5.41, 5.74) is 1.33. The largest absolute Gasteiger partial charge is 0.497 e. The van der Waals surface area contributed by atoms with Crippen LogP contribution in [0.25, 0.3) is 0 Å². The Kier molecular flexibility index (Phi) is 5.74. The van der Waals surface area contributed by atoms with Crippen LogP contribution in [0.4, 0.5) is 0 Å². The highest BCUT2D eigenvalue weighted by molar-refractivity contribution is 5.91. The second-order valence-electron chi connectivity index (χ2n) is 5.01. The number of ether oxygens (including phenoxy) is 2. The van der Waals surface area contributed by atoms with Crippen LogP contribution in [0.3, 0.4) is 0 Å². The Morgan fingerprint density at radius 2 is 1.83 bits per heavy atom. The number of amides is 1. The van der Waals surface area contributed by atoms with Gasteiger partial charge < -0.3 is 14.8 Å². The minimum absolute atomic E-state index is 0.215. The summed E-state index contributed by atoms with van der Waals surface area (Å²) in [7, 11) is 1.59. The van der Waals surface area contributed by atoms with Gasteiger partial charge in [0.15, 0.2) is 6.61 Å². The maximum Gasteiger partial charge on any atom is 0.338 e. The zero-order valence-corrected chi connectivity index (χ0v) is 13.1. The number of hydrogen-bond donors (Lipinski definition) is 1. The molecule has 0 bridgehead atoms. The van der Waals surface area contributed by atoms with E-state index in [1.165, 1.54) is 0 Å². The second-order valence-corrected chi connectivity index (χ2v) is 5.01. The number of rotatable bonds is 6. The van der Waals surface area contributed by atoms with Crippen LogP contribution in [0.2, 0.25) is 0 Å². The van der Waals surface area contributed by atoms with Crippen molar-refractivity contribution in [2.45, 2.75) is 13.0 Å². The van der Waals surface area contributed by atoms with Crippen LogP contribution in [-0.4, -0.2) is 25.6 Å². The summed E-state index contributed by atoms with van der Waals surface area (Å²) < 4.78 is 10.2. The Balaban J connectivity index is 1.85. The Morgan fingerprint density at radius 1 is 1.09 bits per heavy atom. The highest BCUT2D eigenvalue weighted by atomic mass is 16.5. The van der Waals surface area contributed by atoms with Gasteiger partial charge in [0.05, 0.1) is 18.7 Å². The zero-order valence-electron chi connectivity index (χ0n) is 13.1. The minimum atomic E-state index is -0.519. The predicted molar refractivity (Wildman–Crippen MR) is 86.3 cm³/mol. The molecule has 0 aliphatic rings. The van der Waals surface area contributed by atoms with Gasteiger partial charge in [-0.1, -0.05) is 30.3 Å². The molecule has 5 nitrogen and oxygen atoms in total. The van der Waals surface area contributed by atoms with E-state index in [9.17, 15) is 9.59 Å². The van der Waals surface area contributed by atoms with Crippen LogP contribution in [0.1, 0.15) is 28.9 Å². The van der Waals surface area contributed by atoms with E-state index in [1.54, 1.807) is 37.4 Å². The molecule has 0 saturated heterocycles. The van der Waals surface area contributed by atoms with E-state index in [2.05, 4.69) is 5.32 Å². The third-order valence-corrected chi connectivity index (χ3v) is 3.32. The fourth-order valence-corrected chi connectivity index (χ4v) is 2.07. The Morgan fingerprint density at radius 3 is 2.52 bits per heavy atom.